The number of ketones is 1. The Morgan fingerprint density at radius 1 is 0.879 bits per heavy atom. The number of nitrogens with one attached hydrogen (secondary N) is 2. The van der Waals surface area contributed by atoms with Gasteiger partial charge in [-0.1, -0.05) is 54.6 Å². The molecule has 5 rings (SSSR count). The fourth-order valence-corrected chi connectivity index (χ4v) is 4.31. The van der Waals surface area contributed by atoms with Gasteiger partial charge in [-0.2, -0.15) is 5.10 Å². The van der Waals surface area contributed by atoms with Crippen LogP contribution in [0.25, 0.3) is 11.1 Å². The Labute approximate surface area is 193 Å². The van der Waals surface area contributed by atoms with Crippen LogP contribution in [0, 0.1) is 0 Å². The third-order valence-corrected chi connectivity index (χ3v) is 6.13. The minimum Gasteiger partial charge on any atom is -0.488 e. The molecule has 0 bridgehead atoms. The lowest BCUT2D eigenvalue weighted by atomic mass is 9.95. The van der Waals surface area contributed by atoms with Gasteiger partial charge in [-0.15, -0.1) is 0 Å². The first-order valence-electron chi connectivity index (χ1n) is 11.4. The molecule has 2 N–H and O–H groups in total. The van der Waals surface area contributed by atoms with Gasteiger partial charge in [-0.3, -0.25) is 9.89 Å². The van der Waals surface area contributed by atoms with Gasteiger partial charge in [-0.05, 0) is 65.9 Å². The summed E-state index contributed by atoms with van der Waals surface area (Å²) in [7, 11) is 0. The van der Waals surface area contributed by atoms with Crippen molar-refractivity contribution < 1.29 is 9.53 Å². The molecule has 4 aromatic rings. The zero-order valence-electron chi connectivity index (χ0n) is 18.5. The molecule has 33 heavy (non-hydrogen) atoms. The molecule has 5 heteroatoms. The molecule has 1 aliphatic heterocycles. The minimum atomic E-state index is 0.0588. The molecule has 0 amide bonds. The fourth-order valence-electron chi connectivity index (χ4n) is 4.31. The summed E-state index contributed by atoms with van der Waals surface area (Å²) in [5.41, 5.74) is 7.36. The van der Waals surface area contributed by atoms with Gasteiger partial charge in [0, 0.05) is 18.2 Å². The van der Waals surface area contributed by atoms with Gasteiger partial charge >= 0.3 is 0 Å². The fraction of sp³-hybridized carbons (Fsp3) is 0.214. The third kappa shape index (κ3) is 5.04. The van der Waals surface area contributed by atoms with E-state index in [4.69, 9.17) is 4.74 Å². The van der Waals surface area contributed by atoms with Crippen LogP contribution in [-0.2, 0) is 25.9 Å². The lowest BCUT2D eigenvalue weighted by Crippen LogP contribution is -2.16. The first-order valence-corrected chi connectivity index (χ1v) is 11.4. The highest BCUT2D eigenvalue weighted by molar-refractivity contribution is 6.00. The summed E-state index contributed by atoms with van der Waals surface area (Å²) in [5, 5.41) is 10.3. The lowest BCUT2D eigenvalue weighted by molar-refractivity contribution is 0.0988. The summed E-state index contributed by atoms with van der Waals surface area (Å²) < 4.78 is 6.17. The predicted molar refractivity (Wildman–Crippen MR) is 130 cm³/mol. The zero-order chi connectivity index (χ0) is 22.5. The predicted octanol–water partition coefficient (Wildman–Crippen LogP) is 4.77. The summed E-state index contributed by atoms with van der Waals surface area (Å²) in [6.45, 7) is 2.40. The Bertz CT molecular complexity index is 1230. The number of rotatable bonds is 7. The Morgan fingerprint density at radius 3 is 2.55 bits per heavy atom. The van der Waals surface area contributed by atoms with Crippen LogP contribution in [0.1, 0.15) is 32.6 Å². The molecule has 0 spiro atoms. The molecule has 0 fully saturated rings. The highest BCUT2D eigenvalue weighted by atomic mass is 16.5. The molecule has 166 valence electrons. The van der Waals surface area contributed by atoms with Crippen molar-refractivity contribution in [3.05, 3.63) is 107 Å². The topological polar surface area (TPSA) is 67.0 Å². The van der Waals surface area contributed by atoms with E-state index in [1.807, 2.05) is 54.7 Å². The second kappa shape index (κ2) is 9.84. The van der Waals surface area contributed by atoms with Crippen LogP contribution in [0.15, 0.2) is 79.1 Å². The summed E-state index contributed by atoms with van der Waals surface area (Å²) in [4.78, 5) is 13.4. The van der Waals surface area contributed by atoms with E-state index in [1.54, 1.807) is 6.20 Å². The number of aromatic amines is 1. The molecule has 0 atom stereocenters. The SMILES string of the molecule is O=C(Cc1ccc2c(c1)CCNCC2)c1ccc(-c2cn[nH]c2)cc1OCc1ccccc1. The van der Waals surface area contributed by atoms with Crippen LogP contribution < -0.4 is 10.1 Å². The van der Waals surface area contributed by atoms with E-state index in [0.29, 0.717) is 24.3 Å². The first kappa shape index (κ1) is 21.2. The molecular formula is C28H27N3O2. The number of fused-ring (bicyclic) bond motifs is 1. The van der Waals surface area contributed by atoms with Crippen molar-refractivity contribution >= 4 is 5.78 Å². The number of hydrogen-bond acceptors (Lipinski definition) is 4. The zero-order valence-corrected chi connectivity index (χ0v) is 18.5. The largest absolute Gasteiger partial charge is 0.488 e. The van der Waals surface area contributed by atoms with Crippen LogP contribution in [0.2, 0.25) is 0 Å². The molecule has 1 aliphatic rings. The van der Waals surface area contributed by atoms with Gasteiger partial charge in [0.1, 0.15) is 12.4 Å². The van der Waals surface area contributed by atoms with E-state index in [0.717, 1.165) is 48.2 Å². The van der Waals surface area contributed by atoms with E-state index in [9.17, 15) is 4.79 Å². The monoisotopic (exact) mass is 437 g/mol. The van der Waals surface area contributed by atoms with Gasteiger partial charge < -0.3 is 10.1 Å². The smallest absolute Gasteiger partial charge is 0.170 e. The third-order valence-electron chi connectivity index (χ3n) is 6.13. The van der Waals surface area contributed by atoms with Crippen molar-refractivity contribution in [1.82, 2.24) is 15.5 Å². The maximum Gasteiger partial charge on any atom is 0.170 e. The highest BCUT2D eigenvalue weighted by Crippen LogP contribution is 2.29. The number of benzene rings is 3. The molecule has 5 nitrogen and oxygen atoms in total. The van der Waals surface area contributed by atoms with Crippen molar-refractivity contribution in [1.29, 1.82) is 0 Å². The highest BCUT2D eigenvalue weighted by Gasteiger charge is 2.17. The van der Waals surface area contributed by atoms with Crippen molar-refractivity contribution in [2.75, 3.05) is 13.1 Å². The molecular weight excluding hydrogens is 410 g/mol. The Morgan fingerprint density at radius 2 is 1.73 bits per heavy atom. The number of Topliss-reactive ketones (excluding diaryl/α,β-unsaturated/α-hetero) is 1. The van der Waals surface area contributed by atoms with Crippen molar-refractivity contribution in [3.63, 3.8) is 0 Å². The number of aromatic nitrogens is 2. The first-order chi connectivity index (χ1) is 16.3. The van der Waals surface area contributed by atoms with Crippen molar-refractivity contribution in [2.45, 2.75) is 25.9 Å². The number of nitrogens with zero attached hydrogens (tertiary/aromatic N) is 1. The summed E-state index contributed by atoms with van der Waals surface area (Å²) in [6, 6.07) is 22.2. The Balaban J connectivity index is 1.41. The second-order valence-electron chi connectivity index (χ2n) is 8.43. The number of carbonyl (C=O) groups is 1. The number of hydrogen-bond donors (Lipinski definition) is 2. The maximum absolute atomic E-state index is 13.4. The summed E-state index contributed by atoms with van der Waals surface area (Å²) in [6.07, 6.45) is 6.00. The van der Waals surface area contributed by atoms with Crippen molar-refractivity contribution in [3.8, 4) is 16.9 Å². The Kier molecular flexibility index (Phi) is 6.31. The van der Waals surface area contributed by atoms with Crippen molar-refractivity contribution in [2.24, 2.45) is 0 Å². The molecule has 2 heterocycles. The number of H-pyrrole nitrogens is 1. The number of carbonyl (C=O) groups excluding carboxylic acids is 1. The van der Waals surface area contributed by atoms with Crippen LogP contribution >= 0.6 is 0 Å². The standard InChI is InChI=1S/C28H27N3O2/c32-27(15-21-6-7-22-10-12-29-13-11-24(22)14-21)26-9-8-23(25-17-30-31-18-25)16-28(26)33-19-20-4-2-1-3-5-20/h1-9,14,16-18,29H,10-13,15,19H2,(H,30,31). The average molecular weight is 438 g/mol. The van der Waals surface area contributed by atoms with Crippen LogP contribution in [0.5, 0.6) is 5.75 Å². The van der Waals surface area contributed by atoms with E-state index >= 15 is 0 Å². The van der Waals surface area contributed by atoms with E-state index < -0.39 is 0 Å². The van der Waals surface area contributed by atoms with Crippen LogP contribution in [0.3, 0.4) is 0 Å². The maximum atomic E-state index is 13.4. The molecule has 0 unspecified atom stereocenters. The molecule has 3 aromatic carbocycles. The van der Waals surface area contributed by atoms with Crippen LogP contribution in [0.4, 0.5) is 0 Å². The molecule has 0 aliphatic carbocycles. The van der Waals surface area contributed by atoms with Gasteiger partial charge in [0.05, 0.1) is 11.8 Å². The Hall–Kier alpha value is -3.70. The minimum absolute atomic E-state index is 0.0588. The van der Waals surface area contributed by atoms with E-state index in [-0.39, 0.29) is 5.78 Å². The molecule has 1 aromatic heterocycles. The average Bonchev–Trinajstić information content (AvgIpc) is 3.29. The van der Waals surface area contributed by atoms with E-state index in [2.05, 4.69) is 33.7 Å². The molecule has 0 saturated heterocycles. The van der Waals surface area contributed by atoms with Gasteiger partial charge in [0.15, 0.2) is 5.78 Å². The quantitative estimate of drug-likeness (QED) is 0.409. The van der Waals surface area contributed by atoms with Gasteiger partial charge in [0.25, 0.3) is 0 Å². The molecule has 0 radical (unpaired) electrons. The summed E-state index contributed by atoms with van der Waals surface area (Å²) in [5.74, 6) is 0.657. The normalized spacial score (nSPS) is 13.2. The molecule has 0 saturated carbocycles. The van der Waals surface area contributed by atoms with Gasteiger partial charge in [-0.25, -0.2) is 0 Å². The van der Waals surface area contributed by atoms with Crippen LogP contribution in [-0.4, -0.2) is 29.1 Å². The van der Waals surface area contributed by atoms with Gasteiger partial charge in [0.2, 0.25) is 0 Å². The summed E-state index contributed by atoms with van der Waals surface area (Å²) >= 11 is 0. The second-order valence-corrected chi connectivity index (χ2v) is 8.43. The van der Waals surface area contributed by atoms with E-state index in [1.165, 1.54) is 11.1 Å². The lowest BCUT2D eigenvalue weighted by Gasteiger charge is -2.14. The number of ether oxygens (including phenoxy) is 1.